The normalized spacial score (nSPS) is 13.8. The fourth-order valence-corrected chi connectivity index (χ4v) is 2.28. The molecule has 21 heavy (non-hydrogen) atoms. The molecule has 0 radical (unpaired) electrons. The maximum Gasteiger partial charge on any atom is 0.233 e. The van der Waals surface area contributed by atoms with Crippen LogP contribution in [0.3, 0.4) is 0 Å². The zero-order valence-electron chi connectivity index (χ0n) is 11.4. The van der Waals surface area contributed by atoms with Crippen molar-refractivity contribution >= 4 is 11.6 Å². The molecule has 1 atom stereocenters. The van der Waals surface area contributed by atoms with Crippen LogP contribution in [0.1, 0.15) is 11.5 Å². The molecule has 0 saturated carbocycles. The SMILES string of the molecule is NCC(C(=O)Nc1ccc2c(c1)OCO2)c1ccccc1. The highest BCUT2D eigenvalue weighted by Crippen LogP contribution is 2.34. The molecular formula is C16H16N2O3. The van der Waals surface area contributed by atoms with Gasteiger partial charge in [0.25, 0.3) is 0 Å². The molecule has 5 heteroatoms. The van der Waals surface area contributed by atoms with Crippen molar-refractivity contribution < 1.29 is 14.3 Å². The highest BCUT2D eigenvalue weighted by Gasteiger charge is 2.20. The van der Waals surface area contributed by atoms with Crippen LogP contribution in [0, 0.1) is 0 Å². The monoisotopic (exact) mass is 284 g/mol. The van der Waals surface area contributed by atoms with E-state index in [-0.39, 0.29) is 25.2 Å². The minimum atomic E-state index is -0.378. The molecule has 108 valence electrons. The second kappa shape index (κ2) is 5.85. The van der Waals surface area contributed by atoms with Crippen LogP contribution in [-0.4, -0.2) is 19.2 Å². The van der Waals surface area contributed by atoms with Gasteiger partial charge in [-0.15, -0.1) is 0 Å². The molecule has 0 spiro atoms. The molecule has 3 rings (SSSR count). The molecular weight excluding hydrogens is 268 g/mol. The lowest BCUT2D eigenvalue weighted by Crippen LogP contribution is -2.27. The van der Waals surface area contributed by atoms with Gasteiger partial charge in [0.15, 0.2) is 11.5 Å². The Morgan fingerprint density at radius 3 is 2.67 bits per heavy atom. The van der Waals surface area contributed by atoms with Crippen molar-refractivity contribution in [2.75, 3.05) is 18.7 Å². The number of nitrogens with one attached hydrogen (secondary N) is 1. The second-order valence-corrected chi connectivity index (χ2v) is 4.76. The minimum absolute atomic E-state index is 0.137. The van der Waals surface area contributed by atoms with E-state index in [9.17, 15) is 4.79 Å². The highest BCUT2D eigenvalue weighted by atomic mass is 16.7. The van der Waals surface area contributed by atoms with Crippen LogP contribution >= 0.6 is 0 Å². The molecule has 1 aliphatic rings. The molecule has 1 heterocycles. The average Bonchev–Trinajstić information content (AvgIpc) is 2.96. The van der Waals surface area contributed by atoms with Crippen molar-refractivity contribution in [1.29, 1.82) is 0 Å². The fourth-order valence-electron chi connectivity index (χ4n) is 2.28. The predicted molar refractivity (Wildman–Crippen MR) is 79.4 cm³/mol. The van der Waals surface area contributed by atoms with E-state index in [0.717, 1.165) is 5.56 Å². The second-order valence-electron chi connectivity index (χ2n) is 4.76. The van der Waals surface area contributed by atoms with Crippen LogP contribution < -0.4 is 20.5 Å². The minimum Gasteiger partial charge on any atom is -0.454 e. The van der Waals surface area contributed by atoms with Gasteiger partial charge in [0.1, 0.15) is 0 Å². The standard InChI is InChI=1S/C16H16N2O3/c17-9-13(11-4-2-1-3-5-11)16(19)18-12-6-7-14-15(8-12)21-10-20-14/h1-8,13H,9-10,17H2,(H,18,19). The lowest BCUT2D eigenvalue weighted by atomic mass is 9.98. The summed E-state index contributed by atoms with van der Waals surface area (Å²) in [5.74, 6) is 0.808. The van der Waals surface area contributed by atoms with Crippen LogP contribution in [0.15, 0.2) is 48.5 Å². The Morgan fingerprint density at radius 2 is 1.90 bits per heavy atom. The Bertz CT molecular complexity index is 643. The van der Waals surface area contributed by atoms with Crippen molar-refractivity contribution in [3.05, 3.63) is 54.1 Å². The molecule has 0 saturated heterocycles. The summed E-state index contributed by atoms with van der Waals surface area (Å²) in [6, 6.07) is 14.8. The Balaban J connectivity index is 1.76. The number of rotatable bonds is 4. The number of carbonyl (C=O) groups excluding carboxylic acids is 1. The number of nitrogens with two attached hydrogens (primary N) is 1. The van der Waals surface area contributed by atoms with Gasteiger partial charge in [0, 0.05) is 18.3 Å². The molecule has 5 nitrogen and oxygen atoms in total. The Labute approximate surface area is 122 Å². The lowest BCUT2D eigenvalue weighted by molar-refractivity contribution is -0.117. The van der Waals surface area contributed by atoms with E-state index >= 15 is 0 Å². The van der Waals surface area contributed by atoms with Gasteiger partial charge in [-0.3, -0.25) is 4.79 Å². The lowest BCUT2D eigenvalue weighted by Gasteiger charge is -2.15. The first-order valence-electron chi connectivity index (χ1n) is 6.73. The zero-order valence-corrected chi connectivity index (χ0v) is 11.4. The number of hydrogen-bond donors (Lipinski definition) is 2. The smallest absolute Gasteiger partial charge is 0.233 e. The predicted octanol–water partition coefficient (Wildman–Crippen LogP) is 2.10. The topological polar surface area (TPSA) is 73.6 Å². The molecule has 0 aliphatic carbocycles. The number of ether oxygens (including phenoxy) is 2. The first-order valence-corrected chi connectivity index (χ1v) is 6.73. The molecule has 0 aromatic heterocycles. The highest BCUT2D eigenvalue weighted by molar-refractivity contribution is 5.96. The third-order valence-corrected chi connectivity index (χ3v) is 3.39. The van der Waals surface area contributed by atoms with Gasteiger partial charge in [0.2, 0.25) is 12.7 Å². The Hall–Kier alpha value is -2.53. The first kappa shape index (κ1) is 13.5. The van der Waals surface area contributed by atoms with E-state index in [1.165, 1.54) is 0 Å². The van der Waals surface area contributed by atoms with Gasteiger partial charge in [0.05, 0.1) is 5.92 Å². The number of benzene rings is 2. The number of carbonyl (C=O) groups is 1. The third kappa shape index (κ3) is 2.83. The molecule has 0 bridgehead atoms. The maximum absolute atomic E-state index is 12.4. The number of fused-ring (bicyclic) bond motifs is 1. The maximum atomic E-state index is 12.4. The van der Waals surface area contributed by atoms with Gasteiger partial charge >= 0.3 is 0 Å². The molecule has 3 N–H and O–H groups in total. The van der Waals surface area contributed by atoms with Crippen molar-refractivity contribution in [3.63, 3.8) is 0 Å². The Morgan fingerprint density at radius 1 is 1.14 bits per heavy atom. The van der Waals surface area contributed by atoms with Crippen molar-refractivity contribution in [2.24, 2.45) is 5.73 Å². The summed E-state index contributed by atoms with van der Waals surface area (Å²) in [6.07, 6.45) is 0. The average molecular weight is 284 g/mol. The molecule has 0 fully saturated rings. The summed E-state index contributed by atoms with van der Waals surface area (Å²) < 4.78 is 10.5. The van der Waals surface area contributed by atoms with Crippen molar-refractivity contribution in [3.8, 4) is 11.5 Å². The van der Waals surface area contributed by atoms with Gasteiger partial charge < -0.3 is 20.5 Å². The quantitative estimate of drug-likeness (QED) is 0.901. The van der Waals surface area contributed by atoms with Crippen LogP contribution in [-0.2, 0) is 4.79 Å². The number of anilines is 1. The van der Waals surface area contributed by atoms with Gasteiger partial charge in [-0.25, -0.2) is 0 Å². The van der Waals surface area contributed by atoms with Crippen LogP contribution in [0.5, 0.6) is 11.5 Å². The third-order valence-electron chi connectivity index (χ3n) is 3.39. The van der Waals surface area contributed by atoms with Gasteiger partial charge in [-0.05, 0) is 17.7 Å². The van der Waals surface area contributed by atoms with E-state index in [1.54, 1.807) is 18.2 Å². The van der Waals surface area contributed by atoms with Gasteiger partial charge in [-0.2, -0.15) is 0 Å². The number of amides is 1. The molecule has 1 unspecified atom stereocenters. The summed E-state index contributed by atoms with van der Waals surface area (Å²) in [7, 11) is 0. The fraction of sp³-hybridized carbons (Fsp3) is 0.188. The molecule has 2 aromatic carbocycles. The van der Waals surface area contributed by atoms with Crippen molar-refractivity contribution in [1.82, 2.24) is 0 Å². The van der Waals surface area contributed by atoms with Crippen LogP contribution in [0.4, 0.5) is 5.69 Å². The van der Waals surface area contributed by atoms with E-state index in [0.29, 0.717) is 17.2 Å². The molecule has 2 aromatic rings. The summed E-state index contributed by atoms with van der Waals surface area (Å²) in [5.41, 5.74) is 7.31. The molecule has 1 amide bonds. The summed E-state index contributed by atoms with van der Waals surface area (Å²) in [4.78, 5) is 12.4. The van der Waals surface area contributed by atoms with E-state index in [2.05, 4.69) is 5.32 Å². The van der Waals surface area contributed by atoms with E-state index < -0.39 is 0 Å². The van der Waals surface area contributed by atoms with E-state index in [1.807, 2.05) is 30.3 Å². The summed E-state index contributed by atoms with van der Waals surface area (Å²) in [5, 5.41) is 2.87. The first-order chi connectivity index (χ1) is 10.3. The van der Waals surface area contributed by atoms with E-state index in [4.69, 9.17) is 15.2 Å². The molecule has 1 aliphatic heterocycles. The van der Waals surface area contributed by atoms with Gasteiger partial charge in [-0.1, -0.05) is 30.3 Å². The van der Waals surface area contributed by atoms with Crippen LogP contribution in [0.25, 0.3) is 0 Å². The van der Waals surface area contributed by atoms with Crippen molar-refractivity contribution in [2.45, 2.75) is 5.92 Å². The largest absolute Gasteiger partial charge is 0.454 e. The number of hydrogen-bond acceptors (Lipinski definition) is 4. The Kier molecular flexibility index (Phi) is 3.75. The van der Waals surface area contributed by atoms with Crippen LogP contribution in [0.2, 0.25) is 0 Å². The zero-order chi connectivity index (χ0) is 14.7. The summed E-state index contributed by atoms with van der Waals surface area (Å²) >= 11 is 0. The summed E-state index contributed by atoms with van der Waals surface area (Å²) in [6.45, 7) is 0.461.